The van der Waals surface area contributed by atoms with Crippen LogP contribution in [0.1, 0.15) is 18.6 Å². The molecule has 3 N–H and O–H groups in total. The predicted molar refractivity (Wildman–Crippen MR) is 57.8 cm³/mol. The molecule has 13 heavy (non-hydrogen) atoms. The van der Waals surface area contributed by atoms with Gasteiger partial charge in [0.15, 0.2) is 0 Å². The number of nitrogens with two attached hydrogens (primary N) is 1. The first-order chi connectivity index (χ1) is 6.02. The zero-order chi connectivity index (χ0) is 10.0. The third-order valence-electron chi connectivity index (χ3n) is 1.78. The quantitative estimate of drug-likeness (QED) is 0.862. The normalized spacial score (nSPS) is 15.5. The van der Waals surface area contributed by atoms with Crippen LogP contribution in [0.3, 0.4) is 0 Å². The molecule has 2 atom stereocenters. The standard InChI is InChI=1S/C9H11BrClNO/c1-5(12)9(13)6-2-3-7(10)8(11)4-6/h2-5,9,13H,12H2,1H3. The van der Waals surface area contributed by atoms with Crippen LogP contribution < -0.4 is 5.73 Å². The maximum atomic E-state index is 9.61. The molecule has 0 aliphatic rings. The lowest BCUT2D eigenvalue weighted by molar-refractivity contribution is 0.153. The number of aliphatic hydroxyl groups is 1. The zero-order valence-corrected chi connectivity index (χ0v) is 9.51. The Morgan fingerprint density at radius 2 is 2.15 bits per heavy atom. The highest BCUT2D eigenvalue weighted by molar-refractivity contribution is 9.10. The van der Waals surface area contributed by atoms with E-state index in [4.69, 9.17) is 17.3 Å². The Hall–Kier alpha value is -0.0900. The molecule has 1 aromatic carbocycles. The van der Waals surface area contributed by atoms with E-state index in [0.29, 0.717) is 5.02 Å². The van der Waals surface area contributed by atoms with E-state index in [2.05, 4.69) is 15.9 Å². The van der Waals surface area contributed by atoms with Gasteiger partial charge in [-0.15, -0.1) is 0 Å². The fourth-order valence-corrected chi connectivity index (χ4v) is 1.44. The summed E-state index contributed by atoms with van der Waals surface area (Å²) in [7, 11) is 0. The highest BCUT2D eigenvalue weighted by Gasteiger charge is 2.12. The Kier molecular flexibility index (Phi) is 3.74. The number of hydrogen-bond acceptors (Lipinski definition) is 2. The van der Waals surface area contributed by atoms with Gasteiger partial charge in [0, 0.05) is 10.5 Å². The van der Waals surface area contributed by atoms with Gasteiger partial charge in [-0.25, -0.2) is 0 Å². The highest BCUT2D eigenvalue weighted by Crippen LogP contribution is 2.26. The fourth-order valence-electron chi connectivity index (χ4n) is 1.000. The summed E-state index contributed by atoms with van der Waals surface area (Å²) in [4.78, 5) is 0. The van der Waals surface area contributed by atoms with E-state index in [1.165, 1.54) is 0 Å². The van der Waals surface area contributed by atoms with Crippen LogP contribution in [-0.2, 0) is 0 Å². The third-order valence-corrected chi connectivity index (χ3v) is 3.02. The van der Waals surface area contributed by atoms with Crippen LogP contribution in [0.2, 0.25) is 5.02 Å². The van der Waals surface area contributed by atoms with E-state index in [0.717, 1.165) is 10.0 Å². The minimum absolute atomic E-state index is 0.294. The lowest BCUT2D eigenvalue weighted by atomic mass is 10.0. The van der Waals surface area contributed by atoms with Crippen molar-refractivity contribution in [2.24, 2.45) is 5.73 Å². The smallest absolute Gasteiger partial charge is 0.0938 e. The molecule has 0 aliphatic carbocycles. The number of aliphatic hydroxyl groups excluding tert-OH is 1. The van der Waals surface area contributed by atoms with Crippen molar-refractivity contribution in [3.8, 4) is 0 Å². The zero-order valence-electron chi connectivity index (χ0n) is 7.17. The van der Waals surface area contributed by atoms with Gasteiger partial charge in [-0.2, -0.15) is 0 Å². The van der Waals surface area contributed by atoms with E-state index in [1.807, 2.05) is 0 Å². The van der Waals surface area contributed by atoms with Gasteiger partial charge in [0.05, 0.1) is 11.1 Å². The first-order valence-electron chi connectivity index (χ1n) is 3.91. The molecule has 0 aromatic heterocycles. The van der Waals surface area contributed by atoms with Crippen molar-refractivity contribution in [1.29, 1.82) is 0 Å². The largest absolute Gasteiger partial charge is 0.387 e. The minimum Gasteiger partial charge on any atom is -0.387 e. The number of halogens is 2. The second-order valence-corrected chi connectivity index (χ2v) is 4.24. The number of benzene rings is 1. The molecule has 0 saturated heterocycles. The highest BCUT2D eigenvalue weighted by atomic mass is 79.9. The van der Waals surface area contributed by atoms with Crippen molar-refractivity contribution < 1.29 is 5.11 Å². The van der Waals surface area contributed by atoms with E-state index in [1.54, 1.807) is 25.1 Å². The molecular formula is C9H11BrClNO. The molecule has 4 heteroatoms. The van der Waals surface area contributed by atoms with Crippen molar-refractivity contribution in [3.63, 3.8) is 0 Å². The van der Waals surface area contributed by atoms with E-state index in [9.17, 15) is 5.11 Å². The maximum absolute atomic E-state index is 9.61. The van der Waals surface area contributed by atoms with Crippen LogP contribution in [0.25, 0.3) is 0 Å². The Bertz CT molecular complexity index is 304. The Labute approximate surface area is 90.8 Å². The van der Waals surface area contributed by atoms with Gasteiger partial charge in [0.1, 0.15) is 0 Å². The summed E-state index contributed by atoms with van der Waals surface area (Å²) < 4.78 is 0.815. The molecule has 72 valence electrons. The molecule has 0 amide bonds. The van der Waals surface area contributed by atoms with E-state index >= 15 is 0 Å². The molecule has 2 nitrogen and oxygen atoms in total. The van der Waals surface area contributed by atoms with Gasteiger partial charge in [-0.1, -0.05) is 17.7 Å². The molecule has 0 heterocycles. The van der Waals surface area contributed by atoms with Crippen molar-refractivity contribution in [1.82, 2.24) is 0 Å². The average molecular weight is 265 g/mol. The summed E-state index contributed by atoms with van der Waals surface area (Å²) >= 11 is 9.13. The van der Waals surface area contributed by atoms with Crippen molar-refractivity contribution >= 4 is 27.5 Å². The van der Waals surface area contributed by atoms with E-state index in [-0.39, 0.29) is 6.04 Å². The minimum atomic E-state index is -0.661. The molecular weight excluding hydrogens is 253 g/mol. The molecule has 0 spiro atoms. The molecule has 1 rings (SSSR count). The van der Waals surface area contributed by atoms with Crippen molar-refractivity contribution in [3.05, 3.63) is 33.3 Å². The topological polar surface area (TPSA) is 46.2 Å². The monoisotopic (exact) mass is 263 g/mol. The summed E-state index contributed by atoms with van der Waals surface area (Å²) in [5.41, 5.74) is 6.29. The fraction of sp³-hybridized carbons (Fsp3) is 0.333. The molecule has 0 aliphatic heterocycles. The molecule has 0 radical (unpaired) electrons. The Balaban J connectivity index is 2.97. The summed E-state index contributed by atoms with van der Waals surface area (Å²) in [5, 5.41) is 10.2. The van der Waals surface area contributed by atoms with Gasteiger partial charge in [0.25, 0.3) is 0 Å². The summed E-state index contributed by atoms with van der Waals surface area (Å²) in [5.74, 6) is 0. The molecule has 0 bridgehead atoms. The summed E-state index contributed by atoms with van der Waals surface area (Å²) in [6.07, 6.45) is -0.661. The molecule has 2 unspecified atom stereocenters. The Morgan fingerprint density at radius 3 is 2.62 bits per heavy atom. The van der Waals surface area contributed by atoms with Crippen molar-refractivity contribution in [2.45, 2.75) is 19.1 Å². The lowest BCUT2D eigenvalue weighted by Crippen LogP contribution is -2.24. The van der Waals surface area contributed by atoms with Crippen LogP contribution in [0.4, 0.5) is 0 Å². The van der Waals surface area contributed by atoms with Crippen molar-refractivity contribution in [2.75, 3.05) is 0 Å². The van der Waals surface area contributed by atoms with Gasteiger partial charge in [-0.05, 0) is 40.5 Å². The van der Waals surface area contributed by atoms with Crippen LogP contribution in [-0.4, -0.2) is 11.1 Å². The lowest BCUT2D eigenvalue weighted by Gasteiger charge is -2.15. The maximum Gasteiger partial charge on any atom is 0.0938 e. The first-order valence-corrected chi connectivity index (χ1v) is 5.08. The average Bonchev–Trinajstić information content (AvgIpc) is 2.08. The number of rotatable bonds is 2. The van der Waals surface area contributed by atoms with Gasteiger partial charge < -0.3 is 10.8 Å². The third kappa shape index (κ3) is 2.68. The van der Waals surface area contributed by atoms with Crippen LogP contribution >= 0.6 is 27.5 Å². The second-order valence-electron chi connectivity index (χ2n) is 2.98. The summed E-state index contributed by atoms with van der Waals surface area (Å²) in [6.45, 7) is 1.75. The SMILES string of the molecule is CC(N)C(O)c1ccc(Br)c(Cl)c1. The molecule has 0 fully saturated rings. The van der Waals surface area contributed by atoms with Gasteiger partial charge >= 0.3 is 0 Å². The second kappa shape index (κ2) is 4.42. The number of hydrogen-bond donors (Lipinski definition) is 2. The molecule has 0 saturated carbocycles. The van der Waals surface area contributed by atoms with Crippen LogP contribution in [0.5, 0.6) is 0 Å². The first kappa shape index (κ1) is 11.0. The molecule has 1 aromatic rings. The van der Waals surface area contributed by atoms with Crippen LogP contribution in [0.15, 0.2) is 22.7 Å². The Morgan fingerprint density at radius 1 is 1.54 bits per heavy atom. The van der Waals surface area contributed by atoms with Gasteiger partial charge in [0.2, 0.25) is 0 Å². The predicted octanol–water partition coefficient (Wildman–Crippen LogP) is 2.48. The summed E-state index contributed by atoms with van der Waals surface area (Å²) in [6, 6.07) is 5.00. The van der Waals surface area contributed by atoms with E-state index < -0.39 is 6.10 Å². The van der Waals surface area contributed by atoms with Crippen LogP contribution in [0, 0.1) is 0 Å². The van der Waals surface area contributed by atoms with Gasteiger partial charge in [-0.3, -0.25) is 0 Å².